The van der Waals surface area contributed by atoms with E-state index < -0.39 is 5.60 Å². The van der Waals surface area contributed by atoms with E-state index in [1.54, 1.807) is 0 Å². The van der Waals surface area contributed by atoms with Crippen molar-refractivity contribution < 1.29 is 5.11 Å². The molecule has 0 aromatic heterocycles. The molecule has 2 aliphatic rings. The number of aliphatic hydroxyl groups is 1. The summed E-state index contributed by atoms with van der Waals surface area (Å²) < 4.78 is 0. The quantitative estimate of drug-likeness (QED) is 0.669. The Morgan fingerprint density at radius 3 is 2.75 bits per heavy atom. The molecule has 92 valence electrons. The van der Waals surface area contributed by atoms with Crippen molar-refractivity contribution in [3.05, 3.63) is 11.6 Å². The van der Waals surface area contributed by atoms with Gasteiger partial charge in [-0.25, -0.2) is 0 Å². The Balaban J connectivity index is 2.24. The average Bonchev–Trinajstić information content (AvgIpc) is 2.16. The van der Waals surface area contributed by atoms with E-state index in [1.807, 2.05) is 0 Å². The van der Waals surface area contributed by atoms with Gasteiger partial charge in [0.15, 0.2) is 0 Å². The minimum Gasteiger partial charge on any atom is -0.390 e. The molecule has 1 saturated carbocycles. The summed E-state index contributed by atoms with van der Waals surface area (Å²) in [4.78, 5) is 0. The molecule has 1 fully saturated rings. The number of allylic oxidation sites excluding steroid dienone is 2. The molecule has 1 nitrogen and oxygen atoms in total. The third-order valence-electron chi connectivity index (χ3n) is 4.98. The summed E-state index contributed by atoms with van der Waals surface area (Å²) in [6.07, 6.45) is 6.84. The number of hydrogen-bond acceptors (Lipinski definition) is 1. The van der Waals surface area contributed by atoms with E-state index in [9.17, 15) is 5.11 Å². The highest BCUT2D eigenvalue weighted by Gasteiger charge is 2.46. The van der Waals surface area contributed by atoms with Crippen LogP contribution in [0.25, 0.3) is 0 Å². The fraction of sp³-hybridized carbons (Fsp3) is 0.867. The maximum absolute atomic E-state index is 10.5. The molecular formula is C15H26O. The Labute approximate surface area is 99.9 Å². The largest absolute Gasteiger partial charge is 0.390 e. The maximum Gasteiger partial charge on any atom is 0.0653 e. The van der Waals surface area contributed by atoms with E-state index in [-0.39, 0.29) is 0 Å². The lowest BCUT2D eigenvalue weighted by Gasteiger charge is -2.50. The Morgan fingerprint density at radius 1 is 1.44 bits per heavy atom. The first-order valence-corrected chi connectivity index (χ1v) is 6.80. The maximum atomic E-state index is 10.5. The van der Waals surface area contributed by atoms with Crippen molar-refractivity contribution in [3.8, 4) is 0 Å². The lowest BCUT2D eigenvalue weighted by molar-refractivity contribution is -0.0890. The Hall–Kier alpha value is -0.300. The van der Waals surface area contributed by atoms with Gasteiger partial charge < -0.3 is 5.11 Å². The third-order valence-corrected chi connectivity index (χ3v) is 4.98. The number of rotatable bonds is 1. The highest BCUT2D eigenvalue weighted by Crippen LogP contribution is 2.50. The first kappa shape index (κ1) is 12.2. The molecule has 2 aliphatic carbocycles. The van der Waals surface area contributed by atoms with E-state index in [0.717, 1.165) is 24.7 Å². The molecule has 0 bridgehead atoms. The summed E-state index contributed by atoms with van der Waals surface area (Å²) in [6.45, 7) is 8.98. The zero-order chi connectivity index (χ0) is 11.9. The van der Waals surface area contributed by atoms with Gasteiger partial charge in [-0.2, -0.15) is 0 Å². The summed E-state index contributed by atoms with van der Waals surface area (Å²) >= 11 is 0. The van der Waals surface area contributed by atoms with Crippen molar-refractivity contribution >= 4 is 0 Å². The van der Waals surface area contributed by atoms with Crippen molar-refractivity contribution in [2.75, 3.05) is 0 Å². The normalized spacial score (nSPS) is 44.1. The predicted molar refractivity (Wildman–Crippen MR) is 68.2 cm³/mol. The Bertz CT molecular complexity index is 288. The van der Waals surface area contributed by atoms with Crippen molar-refractivity contribution in [1.82, 2.24) is 0 Å². The molecule has 0 saturated heterocycles. The lowest BCUT2D eigenvalue weighted by atomic mass is 9.58. The molecule has 3 unspecified atom stereocenters. The topological polar surface area (TPSA) is 20.2 Å². The molecule has 16 heavy (non-hydrogen) atoms. The van der Waals surface area contributed by atoms with Crippen LogP contribution in [0.4, 0.5) is 0 Å². The molecular weight excluding hydrogens is 196 g/mol. The van der Waals surface area contributed by atoms with Gasteiger partial charge in [0.25, 0.3) is 0 Å². The second kappa shape index (κ2) is 4.18. The van der Waals surface area contributed by atoms with Crippen molar-refractivity contribution in [1.29, 1.82) is 0 Å². The number of fused-ring (bicyclic) bond motifs is 1. The molecule has 1 N–H and O–H groups in total. The molecule has 2 rings (SSSR count). The van der Waals surface area contributed by atoms with Crippen molar-refractivity contribution in [3.63, 3.8) is 0 Å². The monoisotopic (exact) mass is 222 g/mol. The average molecular weight is 222 g/mol. The molecule has 0 aromatic carbocycles. The van der Waals surface area contributed by atoms with Crippen LogP contribution in [0, 0.1) is 23.7 Å². The molecule has 1 heteroatoms. The molecule has 0 heterocycles. The summed E-state index contributed by atoms with van der Waals surface area (Å²) in [6, 6.07) is 0. The smallest absolute Gasteiger partial charge is 0.0653 e. The summed E-state index contributed by atoms with van der Waals surface area (Å²) in [5.41, 5.74) is 1.11. The van der Waals surface area contributed by atoms with Gasteiger partial charge in [0, 0.05) is 0 Å². The van der Waals surface area contributed by atoms with Gasteiger partial charge in [0.05, 0.1) is 5.60 Å². The van der Waals surface area contributed by atoms with Crippen LogP contribution in [-0.2, 0) is 0 Å². The van der Waals surface area contributed by atoms with Gasteiger partial charge in [-0.1, -0.05) is 25.5 Å². The van der Waals surface area contributed by atoms with Crippen molar-refractivity contribution in [2.24, 2.45) is 23.7 Å². The molecule has 4 atom stereocenters. The van der Waals surface area contributed by atoms with E-state index in [1.165, 1.54) is 18.4 Å². The van der Waals surface area contributed by atoms with Crippen LogP contribution < -0.4 is 0 Å². The zero-order valence-electron chi connectivity index (χ0n) is 11.2. The van der Waals surface area contributed by atoms with Crippen LogP contribution >= 0.6 is 0 Å². The minimum absolute atomic E-state index is 0.423. The summed E-state index contributed by atoms with van der Waals surface area (Å²) in [5.74, 6) is 2.79. The SMILES string of the molecule is CC1=CCC2C(C1)C(C(C)C)CC[C@]2(C)O. The standard InChI is InChI=1S/C15H26O/c1-10(2)12-7-8-15(4,16)14-6-5-11(3)9-13(12)14/h5,10,12-14,16H,6-9H2,1-4H3/t12?,13?,14?,15-/m0/s1. The van der Waals surface area contributed by atoms with Crippen LogP contribution in [0.3, 0.4) is 0 Å². The van der Waals surface area contributed by atoms with Crippen LogP contribution in [0.15, 0.2) is 11.6 Å². The highest BCUT2D eigenvalue weighted by molar-refractivity contribution is 5.11. The fourth-order valence-corrected chi connectivity index (χ4v) is 3.95. The first-order chi connectivity index (χ1) is 7.42. The van der Waals surface area contributed by atoms with Crippen LogP contribution in [0.2, 0.25) is 0 Å². The van der Waals surface area contributed by atoms with Gasteiger partial charge in [-0.05, 0) is 63.2 Å². The van der Waals surface area contributed by atoms with E-state index in [2.05, 4.69) is 33.8 Å². The molecule has 0 aromatic rings. The molecule has 0 radical (unpaired) electrons. The van der Waals surface area contributed by atoms with E-state index >= 15 is 0 Å². The Morgan fingerprint density at radius 2 is 2.12 bits per heavy atom. The second-order valence-electron chi connectivity index (χ2n) is 6.56. The van der Waals surface area contributed by atoms with E-state index in [0.29, 0.717) is 11.8 Å². The van der Waals surface area contributed by atoms with Crippen molar-refractivity contribution in [2.45, 2.75) is 59.0 Å². The fourth-order valence-electron chi connectivity index (χ4n) is 3.95. The second-order valence-corrected chi connectivity index (χ2v) is 6.56. The zero-order valence-corrected chi connectivity index (χ0v) is 11.2. The minimum atomic E-state index is -0.423. The predicted octanol–water partition coefficient (Wildman–Crippen LogP) is 3.78. The first-order valence-electron chi connectivity index (χ1n) is 6.80. The highest BCUT2D eigenvalue weighted by atomic mass is 16.3. The lowest BCUT2D eigenvalue weighted by Crippen LogP contribution is -2.48. The molecule has 0 aliphatic heterocycles. The van der Waals surface area contributed by atoms with Crippen LogP contribution in [0.5, 0.6) is 0 Å². The molecule has 0 spiro atoms. The Kier molecular flexibility index (Phi) is 3.18. The van der Waals surface area contributed by atoms with Crippen LogP contribution in [0.1, 0.15) is 53.4 Å². The van der Waals surface area contributed by atoms with Crippen LogP contribution in [-0.4, -0.2) is 10.7 Å². The summed E-state index contributed by atoms with van der Waals surface area (Å²) in [7, 11) is 0. The van der Waals surface area contributed by atoms with Gasteiger partial charge in [-0.15, -0.1) is 0 Å². The van der Waals surface area contributed by atoms with Gasteiger partial charge in [0.1, 0.15) is 0 Å². The van der Waals surface area contributed by atoms with Gasteiger partial charge >= 0.3 is 0 Å². The third kappa shape index (κ3) is 2.07. The van der Waals surface area contributed by atoms with Gasteiger partial charge in [0.2, 0.25) is 0 Å². The number of hydrogen-bond donors (Lipinski definition) is 1. The molecule has 0 amide bonds. The van der Waals surface area contributed by atoms with E-state index in [4.69, 9.17) is 0 Å². The van der Waals surface area contributed by atoms with Gasteiger partial charge in [-0.3, -0.25) is 0 Å². The summed E-state index contributed by atoms with van der Waals surface area (Å²) in [5, 5.41) is 10.5.